The van der Waals surface area contributed by atoms with Gasteiger partial charge < -0.3 is 5.32 Å². The van der Waals surface area contributed by atoms with Gasteiger partial charge in [0, 0.05) is 10.2 Å². The van der Waals surface area contributed by atoms with Gasteiger partial charge in [0.15, 0.2) is 0 Å². The Hall–Kier alpha value is -1.93. The molecule has 0 aliphatic rings. The van der Waals surface area contributed by atoms with E-state index in [1.807, 2.05) is 6.07 Å². The molecular weight excluding hydrogens is 297 g/mol. The smallest absolute Gasteiger partial charge is 0.146 e. The standard InChI is InChI=1S/C13H9BrFN3/c1-8-4-9(7-16)5-13(17-8)18-12-6-10(14)2-3-11(12)15/h2-6H,1H3,(H,17,18). The van der Waals surface area contributed by atoms with Crippen LogP contribution in [0.15, 0.2) is 34.8 Å². The molecule has 2 rings (SSSR count). The van der Waals surface area contributed by atoms with Crippen molar-refractivity contribution in [3.05, 3.63) is 51.9 Å². The van der Waals surface area contributed by atoms with Gasteiger partial charge in [-0.25, -0.2) is 9.37 Å². The summed E-state index contributed by atoms with van der Waals surface area (Å²) in [5.41, 5.74) is 1.50. The Morgan fingerprint density at radius 3 is 2.83 bits per heavy atom. The zero-order chi connectivity index (χ0) is 13.1. The minimum Gasteiger partial charge on any atom is -0.338 e. The van der Waals surface area contributed by atoms with Crippen LogP contribution in [0.2, 0.25) is 0 Å². The predicted octanol–water partition coefficient (Wildman–Crippen LogP) is 3.91. The third kappa shape index (κ3) is 2.84. The Kier molecular flexibility index (Phi) is 3.58. The van der Waals surface area contributed by atoms with Gasteiger partial charge in [0.05, 0.1) is 17.3 Å². The minimum absolute atomic E-state index is 0.311. The van der Waals surface area contributed by atoms with Crippen LogP contribution in [0.25, 0.3) is 0 Å². The van der Waals surface area contributed by atoms with Crippen LogP contribution >= 0.6 is 15.9 Å². The predicted molar refractivity (Wildman–Crippen MR) is 71.1 cm³/mol. The van der Waals surface area contributed by atoms with Gasteiger partial charge in [-0.05, 0) is 37.3 Å². The highest BCUT2D eigenvalue weighted by atomic mass is 79.9. The molecule has 0 aliphatic carbocycles. The molecule has 2 aromatic rings. The molecule has 0 bridgehead atoms. The van der Waals surface area contributed by atoms with Gasteiger partial charge >= 0.3 is 0 Å². The number of benzene rings is 1. The van der Waals surface area contributed by atoms with E-state index in [-0.39, 0.29) is 5.82 Å². The van der Waals surface area contributed by atoms with Crippen molar-refractivity contribution in [2.75, 3.05) is 5.32 Å². The van der Waals surface area contributed by atoms with Crippen LogP contribution in [0.1, 0.15) is 11.3 Å². The molecule has 0 radical (unpaired) electrons. The number of aromatic nitrogens is 1. The van der Waals surface area contributed by atoms with Gasteiger partial charge in [0.2, 0.25) is 0 Å². The summed E-state index contributed by atoms with van der Waals surface area (Å²) >= 11 is 3.27. The monoisotopic (exact) mass is 305 g/mol. The summed E-state index contributed by atoms with van der Waals surface area (Å²) in [7, 11) is 0. The minimum atomic E-state index is -0.375. The lowest BCUT2D eigenvalue weighted by atomic mass is 10.2. The topological polar surface area (TPSA) is 48.7 Å². The molecule has 5 heteroatoms. The largest absolute Gasteiger partial charge is 0.338 e. The van der Waals surface area contributed by atoms with Crippen LogP contribution < -0.4 is 5.32 Å². The van der Waals surface area contributed by atoms with Crippen molar-refractivity contribution >= 4 is 27.4 Å². The first-order chi connectivity index (χ1) is 8.58. The molecular formula is C13H9BrFN3. The zero-order valence-corrected chi connectivity index (χ0v) is 11.1. The van der Waals surface area contributed by atoms with Gasteiger partial charge in [-0.15, -0.1) is 0 Å². The highest BCUT2D eigenvalue weighted by molar-refractivity contribution is 9.10. The van der Waals surface area contributed by atoms with Crippen LogP contribution in [0.4, 0.5) is 15.9 Å². The van der Waals surface area contributed by atoms with Crippen molar-refractivity contribution in [1.29, 1.82) is 5.26 Å². The number of hydrogen-bond acceptors (Lipinski definition) is 3. The van der Waals surface area contributed by atoms with E-state index in [9.17, 15) is 4.39 Å². The Labute approximate surface area is 112 Å². The lowest BCUT2D eigenvalue weighted by Crippen LogP contribution is -1.98. The SMILES string of the molecule is Cc1cc(C#N)cc(Nc2cc(Br)ccc2F)n1. The molecule has 0 spiro atoms. The Morgan fingerprint density at radius 2 is 2.11 bits per heavy atom. The quantitative estimate of drug-likeness (QED) is 0.915. The average molecular weight is 306 g/mol. The Balaban J connectivity index is 2.37. The number of rotatable bonds is 2. The molecule has 0 amide bonds. The summed E-state index contributed by atoms with van der Waals surface area (Å²) in [5.74, 6) is 0.0727. The van der Waals surface area contributed by atoms with Gasteiger partial charge in [0.1, 0.15) is 11.6 Å². The van der Waals surface area contributed by atoms with Gasteiger partial charge in [-0.2, -0.15) is 5.26 Å². The second-order valence-electron chi connectivity index (χ2n) is 3.74. The third-order valence-electron chi connectivity index (χ3n) is 2.27. The lowest BCUT2D eigenvalue weighted by molar-refractivity contribution is 0.631. The van der Waals surface area contributed by atoms with E-state index in [0.29, 0.717) is 22.8 Å². The molecule has 0 unspecified atom stereocenters. The lowest BCUT2D eigenvalue weighted by Gasteiger charge is -2.08. The first kappa shape index (κ1) is 12.5. The van der Waals surface area contributed by atoms with Crippen molar-refractivity contribution < 1.29 is 4.39 Å². The number of nitrogens with one attached hydrogen (secondary N) is 1. The van der Waals surface area contributed by atoms with Crippen LogP contribution in [0.3, 0.4) is 0 Å². The fourth-order valence-electron chi connectivity index (χ4n) is 1.53. The van der Waals surface area contributed by atoms with E-state index in [0.717, 1.165) is 4.47 Å². The second-order valence-corrected chi connectivity index (χ2v) is 4.66. The maximum absolute atomic E-state index is 13.6. The van der Waals surface area contributed by atoms with E-state index in [2.05, 4.69) is 26.2 Å². The molecule has 0 aliphatic heterocycles. The van der Waals surface area contributed by atoms with Gasteiger partial charge in [-0.1, -0.05) is 15.9 Å². The fraction of sp³-hybridized carbons (Fsp3) is 0.0769. The van der Waals surface area contributed by atoms with E-state index in [4.69, 9.17) is 5.26 Å². The summed E-state index contributed by atoms with van der Waals surface area (Å²) in [5, 5.41) is 11.7. The zero-order valence-electron chi connectivity index (χ0n) is 9.54. The molecule has 0 saturated heterocycles. The molecule has 0 atom stereocenters. The summed E-state index contributed by atoms with van der Waals surface area (Å²) in [6, 6.07) is 9.87. The highest BCUT2D eigenvalue weighted by Crippen LogP contribution is 2.23. The number of anilines is 2. The first-order valence-corrected chi connectivity index (χ1v) is 5.98. The molecule has 1 heterocycles. The van der Waals surface area contributed by atoms with Crippen molar-refractivity contribution in [2.24, 2.45) is 0 Å². The molecule has 0 fully saturated rings. The maximum atomic E-state index is 13.6. The van der Waals surface area contributed by atoms with Gasteiger partial charge in [-0.3, -0.25) is 0 Å². The van der Waals surface area contributed by atoms with Crippen molar-refractivity contribution in [3.63, 3.8) is 0 Å². The van der Waals surface area contributed by atoms with Crippen molar-refractivity contribution in [1.82, 2.24) is 4.98 Å². The number of aryl methyl sites for hydroxylation is 1. The fourth-order valence-corrected chi connectivity index (χ4v) is 1.89. The van der Waals surface area contributed by atoms with Crippen LogP contribution in [0, 0.1) is 24.1 Å². The normalized spacial score (nSPS) is 9.89. The summed E-state index contributed by atoms with van der Waals surface area (Å²) < 4.78 is 14.3. The van der Waals surface area contributed by atoms with E-state index in [1.165, 1.54) is 6.07 Å². The second kappa shape index (κ2) is 5.15. The number of halogens is 2. The van der Waals surface area contributed by atoms with Crippen LogP contribution in [0.5, 0.6) is 0 Å². The molecule has 1 aromatic carbocycles. The van der Waals surface area contributed by atoms with Crippen LogP contribution in [-0.4, -0.2) is 4.98 Å². The third-order valence-corrected chi connectivity index (χ3v) is 2.77. The molecule has 3 nitrogen and oxygen atoms in total. The van der Waals surface area contributed by atoms with Crippen molar-refractivity contribution in [2.45, 2.75) is 6.92 Å². The number of pyridine rings is 1. The molecule has 0 saturated carbocycles. The number of hydrogen-bond donors (Lipinski definition) is 1. The number of nitrogens with zero attached hydrogens (tertiary/aromatic N) is 2. The molecule has 1 N–H and O–H groups in total. The highest BCUT2D eigenvalue weighted by Gasteiger charge is 2.05. The van der Waals surface area contributed by atoms with Crippen LogP contribution in [-0.2, 0) is 0 Å². The Morgan fingerprint density at radius 1 is 1.33 bits per heavy atom. The van der Waals surface area contributed by atoms with E-state index >= 15 is 0 Å². The maximum Gasteiger partial charge on any atom is 0.146 e. The summed E-state index contributed by atoms with van der Waals surface area (Å²) in [6.45, 7) is 1.78. The molecule has 18 heavy (non-hydrogen) atoms. The van der Waals surface area contributed by atoms with E-state index in [1.54, 1.807) is 31.2 Å². The molecule has 1 aromatic heterocycles. The number of nitriles is 1. The average Bonchev–Trinajstić information content (AvgIpc) is 2.33. The summed E-state index contributed by atoms with van der Waals surface area (Å²) in [4.78, 5) is 4.20. The summed E-state index contributed by atoms with van der Waals surface area (Å²) in [6.07, 6.45) is 0. The van der Waals surface area contributed by atoms with Crippen molar-refractivity contribution in [3.8, 4) is 6.07 Å². The molecule has 90 valence electrons. The first-order valence-electron chi connectivity index (χ1n) is 5.19. The Bertz CT molecular complexity index is 635. The van der Waals surface area contributed by atoms with E-state index < -0.39 is 0 Å². The van der Waals surface area contributed by atoms with Gasteiger partial charge in [0.25, 0.3) is 0 Å².